The van der Waals surface area contributed by atoms with E-state index in [1.54, 1.807) is 20.2 Å². The summed E-state index contributed by atoms with van der Waals surface area (Å²) in [4.78, 5) is 17.0. The van der Waals surface area contributed by atoms with Gasteiger partial charge in [0.1, 0.15) is 6.54 Å². The van der Waals surface area contributed by atoms with Crippen molar-refractivity contribution in [2.75, 3.05) is 27.2 Å². The van der Waals surface area contributed by atoms with Crippen LogP contribution >= 0.6 is 0 Å². The molecule has 0 fully saturated rings. The van der Waals surface area contributed by atoms with Gasteiger partial charge in [0.2, 0.25) is 5.91 Å². The Balaban J connectivity index is 4.30. The maximum Gasteiger partial charge on any atom is 0.243 e. The molecule has 5 heteroatoms. The van der Waals surface area contributed by atoms with Crippen LogP contribution in [0.5, 0.6) is 0 Å². The molecule has 0 spiro atoms. The Kier molecular flexibility index (Phi) is 7.00. The molecule has 0 saturated heterocycles. The smallest absolute Gasteiger partial charge is 0.243 e. The quantitative estimate of drug-likeness (QED) is 0.400. The molecule has 0 unspecified atom stereocenters. The van der Waals surface area contributed by atoms with E-state index >= 15 is 0 Å². The average molecular weight is 226 g/mol. The highest BCUT2D eigenvalue weighted by Crippen LogP contribution is 1.83. The van der Waals surface area contributed by atoms with Gasteiger partial charge in [-0.15, -0.1) is 6.58 Å². The second kappa shape index (κ2) is 7.73. The highest BCUT2D eigenvalue weighted by atomic mass is 16.2. The lowest BCUT2D eigenvalue weighted by Crippen LogP contribution is -2.42. The van der Waals surface area contributed by atoms with Crippen molar-refractivity contribution >= 4 is 11.9 Å². The molecule has 0 aliphatic rings. The highest BCUT2D eigenvalue weighted by molar-refractivity contribution is 5.84. The SMILES string of the molecule is C=CCNC(=NCC(=O)N(C)C)NC(C)C. The van der Waals surface area contributed by atoms with E-state index in [0.29, 0.717) is 12.5 Å². The van der Waals surface area contributed by atoms with Crippen LogP contribution in [0.15, 0.2) is 17.6 Å². The molecule has 1 amide bonds. The summed E-state index contributed by atoms with van der Waals surface area (Å²) in [6.45, 7) is 8.41. The van der Waals surface area contributed by atoms with Crippen LogP contribution in [0.2, 0.25) is 0 Å². The fourth-order valence-corrected chi connectivity index (χ4v) is 0.883. The van der Waals surface area contributed by atoms with Crippen LogP contribution in [-0.4, -0.2) is 50.0 Å². The number of nitrogens with zero attached hydrogens (tertiary/aromatic N) is 2. The minimum absolute atomic E-state index is 0.0246. The molecule has 0 aromatic heterocycles. The van der Waals surface area contributed by atoms with Gasteiger partial charge >= 0.3 is 0 Å². The van der Waals surface area contributed by atoms with Gasteiger partial charge in [0.25, 0.3) is 0 Å². The van der Waals surface area contributed by atoms with E-state index in [0.717, 1.165) is 0 Å². The van der Waals surface area contributed by atoms with Gasteiger partial charge < -0.3 is 15.5 Å². The molecule has 0 atom stereocenters. The van der Waals surface area contributed by atoms with Gasteiger partial charge in [-0.2, -0.15) is 0 Å². The Morgan fingerprint density at radius 1 is 1.50 bits per heavy atom. The molecule has 0 rings (SSSR count). The van der Waals surface area contributed by atoms with E-state index in [2.05, 4.69) is 22.2 Å². The molecule has 0 radical (unpaired) electrons. The van der Waals surface area contributed by atoms with Crippen LogP contribution in [0.25, 0.3) is 0 Å². The van der Waals surface area contributed by atoms with Gasteiger partial charge in [0, 0.05) is 26.7 Å². The van der Waals surface area contributed by atoms with Crippen LogP contribution < -0.4 is 10.6 Å². The van der Waals surface area contributed by atoms with Crippen LogP contribution in [0.1, 0.15) is 13.8 Å². The van der Waals surface area contributed by atoms with E-state index in [1.807, 2.05) is 13.8 Å². The molecule has 0 heterocycles. The number of aliphatic imine (C=N–C) groups is 1. The lowest BCUT2D eigenvalue weighted by atomic mass is 10.4. The molecule has 0 aliphatic heterocycles. The minimum Gasteiger partial charge on any atom is -0.354 e. The first kappa shape index (κ1) is 14.5. The zero-order valence-electron chi connectivity index (χ0n) is 10.6. The summed E-state index contributed by atoms with van der Waals surface area (Å²) >= 11 is 0. The van der Waals surface area contributed by atoms with Crippen LogP contribution in [0, 0.1) is 0 Å². The van der Waals surface area contributed by atoms with E-state index < -0.39 is 0 Å². The molecule has 92 valence electrons. The normalized spacial score (nSPS) is 11.2. The van der Waals surface area contributed by atoms with E-state index in [1.165, 1.54) is 4.90 Å². The average Bonchev–Trinajstić information content (AvgIpc) is 2.20. The molecule has 0 aromatic rings. The number of hydrogen-bond donors (Lipinski definition) is 2. The first-order chi connectivity index (χ1) is 7.47. The van der Waals surface area contributed by atoms with Crippen molar-refractivity contribution in [3.05, 3.63) is 12.7 Å². The Morgan fingerprint density at radius 2 is 2.12 bits per heavy atom. The number of amides is 1. The molecule has 0 aromatic carbocycles. The summed E-state index contributed by atoms with van der Waals surface area (Å²) in [6, 6.07) is 0.269. The summed E-state index contributed by atoms with van der Waals surface area (Å²) in [5.41, 5.74) is 0. The van der Waals surface area contributed by atoms with Crippen molar-refractivity contribution in [2.45, 2.75) is 19.9 Å². The van der Waals surface area contributed by atoms with Gasteiger partial charge in [-0.3, -0.25) is 4.79 Å². The molecule has 0 bridgehead atoms. The number of carbonyl (C=O) groups is 1. The predicted molar refractivity (Wildman–Crippen MR) is 67.5 cm³/mol. The summed E-state index contributed by atoms with van der Waals surface area (Å²) in [6.07, 6.45) is 1.74. The molecular weight excluding hydrogens is 204 g/mol. The molecule has 0 saturated carbocycles. The Morgan fingerprint density at radius 3 is 2.56 bits per heavy atom. The first-order valence-electron chi connectivity index (χ1n) is 5.33. The summed E-state index contributed by atoms with van der Waals surface area (Å²) < 4.78 is 0. The number of carbonyl (C=O) groups excluding carboxylic acids is 1. The summed E-state index contributed by atoms with van der Waals surface area (Å²) in [5.74, 6) is 0.605. The number of nitrogens with one attached hydrogen (secondary N) is 2. The standard InChI is InChI=1S/C11H22N4O/c1-6-7-12-11(14-9(2)3)13-8-10(16)15(4)5/h6,9H,1,7-8H2,2-5H3,(H2,12,13,14). The van der Waals surface area contributed by atoms with Crippen LogP contribution in [0.4, 0.5) is 0 Å². The number of rotatable bonds is 5. The maximum absolute atomic E-state index is 11.3. The summed E-state index contributed by atoms with van der Waals surface area (Å²) in [5, 5.41) is 6.17. The van der Waals surface area contributed by atoms with Crippen molar-refractivity contribution in [1.82, 2.24) is 15.5 Å². The Bertz CT molecular complexity index is 259. The van der Waals surface area contributed by atoms with Crippen molar-refractivity contribution in [3.8, 4) is 0 Å². The Labute approximate surface area is 97.6 Å². The second-order valence-electron chi connectivity index (χ2n) is 3.92. The second-order valence-corrected chi connectivity index (χ2v) is 3.92. The van der Waals surface area contributed by atoms with Gasteiger partial charge in [-0.25, -0.2) is 4.99 Å². The zero-order valence-corrected chi connectivity index (χ0v) is 10.6. The third kappa shape index (κ3) is 6.86. The van der Waals surface area contributed by atoms with Gasteiger partial charge in [-0.05, 0) is 13.8 Å². The molecular formula is C11H22N4O. The van der Waals surface area contributed by atoms with Crippen molar-refractivity contribution < 1.29 is 4.79 Å². The highest BCUT2D eigenvalue weighted by Gasteiger charge is 2.04. The van der Waals surface area contributed by atoms with Crippen LogP contribution in [-0.2, 0) is 4.79 Å². The molecule has 16 heavy (non-hydrogen) atoms. The first-order valence-corrected chi connectivity index (χ1v) is 5.33. The van der Waals surface area contributed by atoms with Crippen LogP contribution in [0.3, 0.4) is 0 Å². The lowest BCUT2D eigenvalue weighted by Gasteiger charge is -2.14. The summed E-state index contributed by atoms with van der Waals surface area (Å²) in [7, 11) is 3.43. The van der Waals surface area contributed by atoms with Crippen molar-refractivity contribution in [1.29, 1.82) is 0 Å². The number of likely N-dealkylation sites (N-methyl/N-ethyl adjacent to an activating group) is 1. The fraction of sp³-hybridized carbons (Fsp3) is 0.636. The third-order valence-corrected chi connectivity index (χ3v) is 1.71. The van der Waals surface area contributed by atoms with Gasteiger partial charge in [-0.1, -0.05) is 6.08 Å². The largest absolute Gasteiger partial charge is 0.354 e. The Hall–Kier alpha value is -1.52. The molecule has 0 aliphatic carbocycles. The topological polar surface area (TPSA) is 56.7 Å². The minimum atomic E-state index is -0.0246. The predicted octanol–water partition coefficient (Wildman–Crippen LogP) is 0.204. The monoisotopic (exact) mass is 226 g/mol. The fourth-order valence-electron chi connectivity index (χ4n) is 0.883. The number of guanidine groups is 1. The lowest BCUT2D eigenvalue weighted by molar-refractivity contribution is -0.127. The van der Waals surface area contributed by atoms with Crippen molar-refractivity contribution in [2.24, 2.45) is 4.99 Å². The van der Waals surface area contributed by atoms with E-state index in [-0.39, 0.29) is 18.5 Å². The van der Waals surface area contributed by atoms with Crippen molar-refractivity contribution in [3.63, 3.8) is 0 Å². The van der Waals surface area contributed by atoms with E-state index in [9.17, 15) is 4.79 Å². The molecule has 2 N–H and O–H groups in total. The zero-order chi connectivity index (χ0) is 12.6. The third-order valence-electron chi connectivity index (χ3n) is 1.71. The number of hydrogen-bond acceptors (Lipinski definition) is 2. The van der Waals surface area contributed by atoms with E-state index in [4.69, 9.17) is 0 Å². The maximum atomic E-state index is 11.3. The van der Waals surface area contributed by atoms with Gasteiger partial charge in [0.05, 0.1) is 0 Å². The van der Waals surface area contributed by atoms with Gasteiger partial charge in [0.15, 0.2) is 5.96 Å². The molecule has 5 nitrogen and oxygen atoms in total.